The third-order valence-electron chi connectivity index (χ3n) is 2.57. The molecule has 0 saturated carbocycles. The van der Waals surface area contributed by atoms with Crippen molar-refractivity contribution in [3.8, 4) is 0 Å². The highest BCUT2D eigenvalue weighted by molar-refractivity contribution is 4.79. The Balaban J connectivity index is 2.20. The first kappa shape index (κ1) is 9.01. The topological polar surface area (TPSA) is 29.3 Å². The highest BCUT2D eigenvalue weighted by Gasteiger charge is 2.21. The van der Waals surface area contributed by atoms with E-state index in [1.165, 1.54) is 38.8 Å². The number of nitrogens with zero attached hydrogens (tertiary/aromatic N) is 1. The molecule has 0 spiro atoms. The van der Waals surface area contributed by atoms with Crippen LogP contribution < -0.4 is 5.73 Å². The monoisotopic (exact) mass is 156 g/mol. The van der Waals surface area contributed by atoms with E-state index in [1.54, 1.807) is 0 Å². The fraction of sp³-hybridized carbons (Fsp3) is 1.00. The summed E-state index contributed by atoms with van der Waals surface area (Å²) in [6.07, 6.45) is 5.30. The van der Waals surface area contributed by atoms with Gasteiger partial charge < -0.3 is 5.73 Å². The van der Waals surface area contributed by atoms with E-state index in [2.05, 4.69) is 11.8 Å². The maximum atomic E-state index is 5.65. The van der Waals surface area contributed by atoms with Gasteiger partial charge in [0.2, 0.25) is 0 Å². The van der Waals surface area contributed by atoms with Gasteiger partial charge in [0.25, 0.3) is 0 Å². The molecule has 0 bridgehead atoms. The first-order valence-corrected chi connectivity index (χ1v) is 4.82. The Morgan fingerprint density at radius 3 is 3.00 bits per heavy atom. The molecule has 11 heavy (non-hydrogen) atoms. The van der Waals surface area contributed by atoms with E-state index in [4.69, 9.17) is 5.73 Å². The summed E-state index contributed by atoms with van der Waals surface area (Å²) in [5, 5.41) is 0. The normalized spacial score (nSPS) is 26.2. The van der Waals surface area contributed by atoms with E-state index in [0.29, 0.717) is 6.04 Å². The van der Waals surface area contributed by atoms with Gasteiger partial charge >= 0.3 is 0 Å². The molecule has 1 saturated heterocycles. The molecule has 1 fully saturated rings. The van der Waals surface area contributed by atoms with Crippen molar-refractivity contribution in [3.63, 3.8) is 0 Å². The lowest BCUT2D eigenvalue weighted by molar-refractivity contribution is 0.255. The van der Waals surface area contributed by atoms with E-state index in [-0.39, 0.29) is 0 Å². The zero-order chi connectivity index (χ0) is 8.10. The van der Waals surface area contributed by atoms with Crippen LogP contribution in [-0.2, 0) is 0 Å². The van der Waals surface area contributed by atoms with Gasteiger partial charge in [0, 0.05) is 12.6 Å². The number of unbranched alkanes of at least 4 members (excludes halogenated alkanes) is 1. The predicted molar refractivity (Wildman–Crippen MR) is 48.6 cm³/mol. The Morgan fingerprint density at radius 2 is 2.36 bits per heavy atom. The van der Waals surface area contributed by atoms with Crippen LogP contribution in [-0.4, -0.2) is 30.6 Å². The lowest BCUT2D eigenvalue weighted by atomic mass is 10.2. The number of hydrogen-bond donors (Lipinski definition) is 1. The van der Waals surface area contributed by atoms with E-state index in [9.17, 15) is 0 Å². The molecule has 0 amide bonds. The molecule has 1 atom stereocenters. The second kappa shape index (κ2) is 4.73. The van der Waals surface area contributed by atoms with Crippen LogP contribution in [0.3, 0.4) is 0 Å². The smallest absolute Gasteiger partial charge is 0.0218 e. The van der Waals surface area contributed by atoms with Gasteiger partial charge in [-0.05, 0) is 32.4 Å². The van der Waals surface area contributed by atoms with Gasteiger partial charge in [-0.2, -0.15) is 0 Å². The zero-order valence-corrected chi connectivity index (χ0v) is 7.55. The summed E-state index contributed by atoms with van der Waals surface area (Å²) in [6.45, 7) is 5.64. The summed E-state index contributed by atoms with van der Waals surface area (Å²) in [5.74, 6) is 0. The van der Waals surface area contributed by atoms with Crippen LogP contribution in [0.25, 0.3) is 0 Å². The van der Waals surface area contributed by atoms with Crippen LogP contribution in [0.1, 0.15) is 32.6 Å². The lowest BCUT2D eigenvalue weighted by Gasteiger charge is -2.22. The maximum absolute atomic E-state index is 5.65. The Hall–Kier alpha value is -0.0800. The average Bonchev–Trinajstić information content (AvgIpc) is 2.47. The summed E-state index contributed by atoms with van der Waals surface area (Å²) < 4.78 is 0. The minimum Gasteiger partial charge on any atom is -0.329 e. The van der Waals surface area contributed by atoms with Crippen molar-refractivity contribution in [3.05, 3.63) is 0 Å². The van der Waals surface area contributed by atoms with Gasteiger partial charge in [0.1, 0.15) is 0 Å². The standard InChI is InChI=1S/C9H20N2/c1-2-3-6-11-7-4-5-9(11)8-10/h9H,2-8,10H2,1H3. The van der Waals surface area contributed by atoms with Gasteiger partial charge in [-0.25, -0.2) is 0 Å². The molecule has 2 N–H and O–H groups in total. The van der Waals surface area contributed by atoms with Crippen molar-refractivity contribution in [2.24, 2.45) is 5.73 Å². The Kier molecular flexibility index (Phi) is 3.87. The fourth-order valence-corrected chi connectivity index (χ4v) is 1.82. The van der Waals surface area contributed by atoms with Gasteiger partial charge in [-0.15, -0.1) is 0 Å². The Labute approximate surface area is 69.8 Å². The summed E-state index contributed by atoms with van der Waals surface area (Å²) in [6, 6.07) is 0.696. The highest BCUT2D eigenvalue weighted by Crippen LogP contribution is 2.16. The Morgan fingerprint density at radius 1 is 1.55 bits per heavy atom. The molecule has 0 aromatic heterocycles. The molecule has 0 radical (unpaired) electrons. The fourth-order valence-electron chi connectivity index (χ4n) is 1.82. The summed E-state index contributed by atoms with van der Waals surface area (Å²) in [5.41, 5.74) is 5.65. The zero-order valence-electron chi connectivity index (χ0n) is 7.55. The minimum absolute atomic E-state index is 0.696. The summed E-state index contributed by atoms with van der Waals surface area (Å²) in [7, 11) is 0. The molecule has 1 rings (SSSR count). The van der Waals surface area contributed by atoms with Crippen LogP contribution in [0.5, 0.6) is 0 Å². The van der Waals surface area contributed by atoms with E-state index in [1.807, 2.05) is 0 Å². The largest absolute Gasteiger partial charge is 0.329 e. The first-order chi connectivity index (χ1) is 5.38. The molecular formula is C9H20N2. The highest BCUT2D eigenvalue weighted by atomic mass is 15.2. The van der Waals surface area contributed by atoms with E-state index >= 15 is 0 Å². The van der Waals surface area contributed by atoms with Crippen LogP contribution in [0.4, 0.5) is 0 Å². The number of hydrogen-bond acceptors (Lipinski definition) is 2. The summed E-state index contributed by atoms with van der Waals surface area (Å²) >= 11 is 0. The molecule has 1 aliphatic rings. The maximum Gasteiger partial charge on any atom is 0.0218 e. The van der Waals surface area contributed by atoms with Crippen molar-refractivity contribution < 1.29 is 0 Å². The molecule has 0 aromatic rings. The third kappa shape index (κ3) is 2.46. The van der Waals surface area contributed by atoms with Crippen LogP contribution >= 0.6 is 0 Å². The lowest BCUT2D eigenvalue weighted by Crippen LogP contribution is -2.35. The van der Waals surface area contributed by atoms with E-state index < -0.39 is 0 Å². The van der Waals surface area contributed by atoms with Crippen LogP contribution in [0.15, 0.2) is 0 Å². The third-order valence-corrected chi connectivity index (χ3v) is 2.57. The number of nitrogens with two attached hydrogens (primary N) is 1. The van der Waals surface area contributed by atoms with Crippen molar-refractivity contribution in [1.29, 1.82) is 0 Å². The van der Waals surface area contributed by atoms with Crippen molar-refractivity contribution in [1.82, 2.24) is 4.90 Å². The molecule has 1 unspecified atom stereocenters. The van der Waals surface area contributed by atoms with Crippen molar-refractivity contribution in [2.45, 2.75) is 38.6 Å². The second-order valence-electron chi connectivity index (χ2n) is 3.42. The summed E-state index contributed by atoms with van der Waals surface area (Å²) in [4.78, 5) is 2.55. The average molecular weight is 156 g/mol. The SMILES string of the molecule is CCCCN1CCCC1CN. The van der Waals surface area contributed by atoms with Crippen LogP contribution in [0.2, 0.25) is 0 Å². The minimum atomic E-state index is 0.696. The van der Waals surface area contributed by atoms with Crippen LogP contribution in [0, 0.1) is 0 Å². The van der Waals surface area contributed by atoms with Gasteiger partial charge in [0.05, 0.1) is 0 Å². The second-order valence-corrected chi connectivity index (χ2v) is 3.42. The molecule has 2 nitrogen and oxygen atoms in total. The van der Waals surface area contributed by atoms with Gasteiger partial charge in [-0.1, -0.05) is 13.3 Å². The molecule has 0 aromatic carbocycles. The predicted octanol–water partition coefficient (Wildman–Crippen LogP) is 1.21. The molecular weight excluding hydrogens is 136 g/mol. The quantitative estimate of drug-likeness (QED) is 0.663. The molecule has 2 heteroatoms. The number of rotatable bonds is 4. The first-order valence-electron chi connectivity index (χ1n) is 4.82. The van der Waals surface area contributed by atoms with E-state index in [0.717, 1.165) is 6.54 Å². The molecule has 1 aliphatic heterocycles. The van der Waals surface area contributed by atoms with Gasteiger partial charge in [-0.3, -0.25) is 4.90 Å². The molecule has 0 aliphatic carbocycles. The number of likely N-dealkylation sites (tertiary alicyclic amines) is 1. The molecule has 66 valence electrons. The van der Waals surface area contributed by atoms with Crippen molar-refractivity contribution in [2.75, 3.05) is 19.6 Å². The Bertz CT molecular complexity index is 104. The molecule has 1 heterocycles. The van der Waals surface area contributed by atoms with Gasteiger partial charge in [0.15, 0.2) is 0 Å². The van der Waals surface area contributed by atoms with Crippen molar-refractivity contribution >= 4 is 0 Å².